The number of nitrogens with one attached hydrogen (secondary N) is 1. The number of amides is 1. The molecule has 1 aromatic heterocycles. The largest absolute Gasteiger partial charge is 0.494 e. The average molecular weight is 543 g/mol. The van der Waals surface area contributed by atoms with Crippen molar-refractivity contribution in [2.24, 2.45) is 0 Å². The Bertz CT molecular complexity index is 1550. The predicted molar refractivity (Wildman–Crippen MR) is 138 cm³/mol. The summed E-state index contributed by atoms with van der Waals surface area (Å²) in [5.41, 5.74) is -1.45. The Morgan fingerprint density at radius 1 is 0.897 bits per heavy atom. The molecule has 1 N–H and O–H groups in total. The van der Waals surface area contributed by atoms with Crippen molar-refractivity contribution < 1.29 is 41.3 Å². The first-order valence-corrected chi connectivity index (χ1v) is 11.7. The third kappa shape index (κ3) is 6.08. The predicted octanol–water partition coefficient (Wildman–Crippen LogP) is 5.91. The maximum absolute atomic E-state index is 14.0. The van der Waals surface area contributed by atoms with Crippen LogP contribution in [0.5, 0.6) is 23.0 Å². The van der Waals surface area contributed by atoms with E-state index >= 15 is 0 Å². The standard InChI is InChI=1S/C28H24F3NO7/c1-4-37-18-8-6-17(7-9-18)32-24(33)15-38-19-10-11-20-22(14-19)39-27(28(29,30)31)25(26(20)34)16-5-12-21(35-2)23(13-16)36-3/h5-14H,4,15H2,1-3H3,(H,32,33). The molecular weight excluding hydrogens is 519 g/mol. The Labute approximate surface area is 220 Å². The summed E-state index contributed by atoms with van der Waals surface area (Å²) in [6.07, 6.45) is -4.98. The first-order valence-electron chi connectivity index (χ1n) is 11.7. The highest BCUT2D eigenvalue weighted by atomic mass is 19.4. The third-order valence-corrected chi connectivity index (χ3v) is 5.61. The quantitative estimate of drug-likeness (QED) is 0.280. The maximum Gasteiger partial charge on any atom is 0.450 e. The molecule has 11 heteroatoms. The van der Waals surface area contributed by atoms with Crippen molar-refractivity contribution in [1.82, 2.24) is 0 Å². The number of carbonyl (C=O) groups excluding carboxylic acids is 1. The first kappa shape index (κ1) is 27.4. The Balaban J connectivity index is 1.61. The molecule has 0 radical (unpaired) electrons. The van der Waals surface area contributed by atoms with Crippen LogP contribution >= 0.6 is 0 Å². The summed E-state index contributed by atoms with van der Waals surface area (Å²) in [5, 5.41) is 2.54. The summed E-state index contributed by atoms with van der Waals surface area (Å²) in [6.45, 7) is 1.93. The fourth-order valence-corrected chi connectivity index (χ4v) is 3.86. The van der Waals surface area contributed by atoms with Gasteiger partial charge in [0.05, 0.1) is 31.8 Å². The van der Waals surface area contributed by atoms with Gasteiger partial charge < -0.3 is 28.7 Å². The Kier molecular flexibility index (Phi) is 7.99. The van der Waals surface area contributed by atoms with Crippen molar-refractivity contribution in [1.29, 1.82) is 0 Å². The molecule has 39 heavy (non-hydrogen) atoms. The second kappa shape index (κ2) is 11.4. The number of carbonyl (C=O) groups is 1. The van der Waals surface area contributed by atoms with E-state index in [4.69, 9.17) is 23.4 Å². The highest BCUT2D eigenvalue weighted by molar-refractivity contribution is 5.92. The van der Waals surface area contributed by atoms with E-state index in [1.807, 2.05) is 6.92 Å². The van der Waals surface area contributed by atoms with Gasteiger partial charge in [0.15, 0.2) is 18.1 Å². The molecule has 204 valence electrons. The molecule has 0 aliphatic heterocycles. The molecule has 4 rings (SSSR count). The zero-order valence-electron chi connectivity index (χ0n) is 21.2. The molecule has 4 aromatic rings. The maximum atomic E-state index is 14.0. The van der Waals surface area contributed by atoms with E-state index in [9.17, 15) is 22.8 Å². The minimum atomic E-state index is -4.98. The lowest BCUT2D eigenvalue weighted by atomic mass is 10.0. The lowest BCUT2D eigenvalue weighted by molar-refractivity contribution is -0.152. The van der Waals surface area contributed by atoms with Crippen molar-refractivity contribution >= 4 is 22.6 Å². The number of halogens is 3. The first-order chi connectivity index (χ1) is 18.6. The monoisotopic (exact) mass is 543 g/mol. The van der Waals surface area contributed by atoms with Crippen molar-refractivity contribution in [3.8, 4) is 34.1 Å². The smallest absolute Gasteiger partial charge is 0.450 e. The molecule has 3 aromatic carbocycles. The topological polar surface area (TPSA) is 96.2 Å². The van der Waals surface area contributed by atoms with Crippen LogP contribution in [0.1, 0.15) is 12.7 Å². The van der Waals surface area contributed by atoms with Gasteiger partial charge in [0.2, 0.25) is 11.2 Å². The van der Waals surface area contributed by atoms with Crippen LogP contribution in [0.25, 0.3) is 22.1 Å². The highest BCUT2D eigenvalue weighted by Crippen LogP contribution is 2.40. The van der Waals surface area contributed by atoms with Gasteiger partial charge >= 0.3 is 6.18 Å². The van der Waals surface area contributed by atoms with Crippen molar-refractivity contribution in [2.45, 2.75) is 13.1 Å². The number of ether oxygens (including phenoxy) is 4. The number of benzene rings is 3. The van der Waals surface area contributed by atoms with Crippen LogP contribution in [0.15, 0.2) is 69.9 Å². The lowest BCUT2D eigenvalue weighted by Crippen LogP contribution is -2.20. The second-order valence-corrected chi connectivity index (χ2v) is 8.16. The van der Waals surface area contributed by atoms with E-state index < -0.39 is 35.4 Å². The zero-order chi connectivity index (χ0) is 28.2. The van der Waals surface area contributed by atoms with Gasteiger partial charge in [-0.05, 0) is 61.0 Å². The summed E-state index contributed by atoms with van der Waals surface area (Å²) < 4.78 is 68.3. The van der Waals surface area contributed by atoms with Gasteiger partial charge in [0, 0.05) is 11.8 Å². The van der Waals surface area contributed by atoms with E-state index in [-0.39, 0.29) is 33.8 Å². The molecule has 0 spiro atoms. The summed E-state index contributed by atoms with van der Waals surface area (Å²) >= 11 is 0. The van der Waals surface area contributed by atoms with Crippen molar-refractivity contribution in [3.05, 3.63) is 76.6 Å². The Morgan fingerprint density at radius 3 is 2.23 bits per heavy atom. The minimum Gasteiger partial charge on any atom is -0.494 e. The van der Waals surface area contributed by atoms with Gasteiger partial charge in [0.1, 0.15) is 17.1 Å². The molecule has 1 heterocycles. The van der Waals surface area contributed by atoms with Crippen LogP contribution in [0.2, 0.25) is 0 Å². The van der Waals surface area contributed by atoms with E-state index in [0.29, 0.717) is 18.0 Å². The Hall–Kier alpha value is -4.67. The number of rotatable bonds is 9. The van der Waals surface area contributed by atoms with Crippen LogP contribution in [0.3, 0.4) is 0 Å². The van der Waals surface area contributed by atoms with Gasteiger partial charge in [-0.25, -0.2) is 0 Å². The fourth-order valence-electron chi connectivity index (χ4n) is 3.86. The van der Waals surface area contributed by atoms with Gasteiger partial charge in [-0.15, -0.1) is 0 Å². The summed E-state index contributed by atoms with van der Waals surface area (Å²) in [7, 11) is 2.71. The number of alkyl halides is 3. The number of fused-ring (bicyclic) bond motifs is 1. The summed E-state index contributed by atoms with van der Waals surface area (Å²) in [5.74, 6) is -0.849. The molecule has 0 fully saturated rings. The number of anilines is 1. The highest BCUT2D eigenvalue weighted by Gasteiger charge is 2.39. The van der Waals surface area contributed by atoms with Crippen LogP contribution in [0, 0.1) is 0 Å². The number of methoxy groups -OCH3 is 2. The van der Waals surface area contributed by atoms with E-state index in [1.165, 1.54) is 44.6 Å². The van der Waals surface area contributed by atoms with Gasteiger partial charge in [-0.1, -0.05) is 6.07 Å². The second-order valence-electron chi connectivity index (χ2n) is 8.16. The Morgan fingerprint density at radius 2 is 1.59 bits per heavy atom. The van der Waals surface area contributed by atoms with E-state index in [0.717, 1.165) is 6.07 Å². The van der Waals surface area contributed by atoms with Gasteiger partial charge in [-0.2, -0.15) is 13.2 Å². The molecule has 0 saturated heterocycles. The van der Waals surface area contributed by atoms with E-state index in [2.05, 4.69) is 5.32 Å². The third-order valence-electron chi connectivity index (χ3n) is 5.61. The molecule has 0 atom stereocenters. The summed E-state index contributed by atoms with van der Waals surface area (Å²) in [6, 6.07) is 14.5. The SMILES string of the molecule is CCOc1ccc(NC(=O)COc2ccc3c(=O)c(-c4ccc(OC)c(OC)c4)c(C(F)(F)F)oc3c2)cc1. The van der Waals surface area contributed by atoms with Gasteiger partial charge in [0.25, 0.3) is 5.91 Å². The van der Waals surface area contributed by atoms with Crippen LogP contribution in [-0.4, -0.2) is 33.3 Å². The molecule has 0 aliphatic carbocycles. The average Bonchev–Trinajstić information content (AvgIpc) is 2.92. The minimum absolute atomic E-state index is 0.0412. The van der Waals surface area contributed by atoms with Crippen LogP contribution in [-0.2, 0) is 11.0 Å². The number of hydrogen-bond donors (Lipinski definition) is 1. The van der Waals surface area contributed by atoms with Crippen LogP contribution in [0.4, 0.5) is 18.9 Å². The molecule has 0 unspecified atom stereocenters. The number of hydrogen-bond acceptors (Lipinski definition) is 7. The molecule has 1 amide bonds. The van der Waals surface area contributed by atoms with E-state index in [1.54, 1.807) is 24.3 Å². The van der Waals surface area contributed by atoms with Crippen molar-refractivity contribution in [3.63, 3.8) is 0 Å². The molecular formula is C28H24F3NO7. The zero-order valence-corrected chi connectivity index (χ0v) is 21.2. The van der Waals surface area contributed by atoms with Gasteiger partial charge in [-0.3, -0.25) is 9.59 Å². The fraction of sp³-hybridized carbons (Fsp3) is 0.214. The van der Waals surface area contributed by atoms with Crippen LogP contribution < -0.4 is 29.7 Å². The summed E-state index contributed by atoms with van der Waals surface area (Å²) in [4.78, 5) is 25.5. The lowest BCUT2D eigenvalue weighted by Gasteiger charge is -2.15. The molecule has 8 nitrogen and oxygen atoms in total. The molecule has 0 bridgehead atoms. The molecule has 0 saturated carbocycles. The molecule has 0 aliphatic rings. The van der Waals surface area contributed by atoms with Crippen molar-refractivity contribution in [2.75, 3.05) is 32.8 Å². The normalized spacial score (nSPS) is 11.2.